The van der Waals surface area contributed by atoms with E-state index in [0.29, 0.717) is 12.2 Å². The van der Waals surface area contributed by atoms with Crippen LogP contribution in [-0.2, 0) is 14.8 Å². The Balaban J connectivity index is 2.27. The van der Waals surface area contributed by atoms with Crippen LogP contribution in [0.15, 0.2) is 53.4 Å². The van der Waals surface area contributed by atoms with E-state index in [2.05, 4.69) is 5.32 Å². The predicted molar refractivity (Wildman–Crippen MR) is 113 cm³/mol. The molecule has 0 aromatic heterocycles. The Morgan fingerprint density at radius 2 is 1.68 bits per heavy atom. The van der Waals surface area contributed by atoms with Gasteiger partial charge >= 0.3 is 0 Å². The molecule has 0 aliphatic carbocycles. The Labute approximate surface area is 168 Å². The Hall–Kier alpha value is -2.38. The van der Waals surface area contributed by atoms with Crippen LogP contribution < -0.4 is 9.62 Å². The van der Waals surface area contributed by atoms with Gasteiger partial charge in [0.05, 0.1) is 10.6 Å². The van der Waals surface area contributed by atoms with Crippen molar-refractivity contribution in [1.29, 1.82) is 0 Å². The third-order valence-corrected chi connectivity index (χ3v) is 6.29. The van der Waals surface area contributed by atoms with Crippen LogP contribution in [0.3, 0.4) is 0 Å². The first-order chi connectivity index (χ1) is 13.2. The lowest BCUT2D eigenvalue weighted by atomic mass is 10.1. The summed E-state index contributed by atoms with van der Waals surface area (Å²) in [5.41, 5.74) is 2.52. The molecule has 2 aromatic carbocycles. The van der Waals surface area contributed by atoms with E-state index < -0.39 is 10.0 Å². The molecule has 0 unspecified atom stereocenters. The van der Waals surface area contributed by atoms with Crippen LogP contribution in [0.1, 0.15) is 17.5 Å². The van der Waals surface area contributed by atoms with Crippen molar-refractivity contribution in [1.82, 2.24) is 10.2 Å². The number of amides is 1. The molecule has 0 bridgehead atoms. The van der Waals surface area contributed by atoms with E-state index >= 15 is 0 Å². The lowest BCUT2D eigenvalue weighted by molar-refractivity contribution is -0.119. The van der Waals surface area contributed by atoms with Crippen LogP contribution in [0, 0.1) is 13.8 Å². The minimum absolute atomic E-state index is 0.161. The molecule has 7 heteroatoms. The monoisotopic (exact) mass is 403 g/mol. The van der Waals surface area contributed by atoms with Crippen LogP contribution >= 0.6 is 0 Å². The largest absolute Gasteiger partial charge is 0.354 e. The third kappa shape index (κ3) is 5.81. The van der Waals surface area contributed by atoms with Crippen LogP contribution in [0.2, 0.25) is 0 Å². The molecule has 152 valence electrons. The fourth-order valence-corrected chi connectivity index (χ4v) is 4.16. The van der Waals surface area contributed by atoms with Gasteiger partial charge < -0.3 is 10.2 Å². The number of nitrogens with zero attached hydrogens (tertiary/aromatic N) is 2. The molecule has 0 fully saturated rings. The Bertz CT molecular complexity index is 896. The molecule has 2 aromatic rings. The van der Waals surface area contributed by atoms with Gasteiger partial charge in [-0.1, -0.05) is 24.3 Å². The van der Waals surface area contributed by atoms with Crippen molar-refractivity contribution in [2.45, 2.75) is 25.2 Å². The Morgan fingerprint density at radius 3 is 2.29 bits per heavy atom. The summed E-state index contributed by atoms with van der Waals surface area (Å²) < 4.78 is 27.6. The second-order valence-electron chi connectivity index (χ2n) is 7.10. The van der Waals surface area contributed by atoms with Gasteiger partial charge in [0.15, 0.2) is 0 Å². The molecule has 28 heavy (non-hydrogen) atoms. The molecule has 1 amide bonds. The molecule has 0 spiro atoms. The van der Waals surface area contributed by atoms with Gasteiger partial charge in [0, 0.05) is 6.54 Å². The fourth-order valence-electron chi connectivity index (χ4n) is 2.72. The van der Waals surface area contributed by atoms with Gasteiger partial charge in [0.25, 0.3) is 10.0 Å². The van der Waals surface area contributed by atoms with Crippen LogP contribution in [-0.4, -0.2) is 53.0 Å². The summed E-state index contributed by atoms with van der Waals surface area (Å²) in [4.78, 5) is 14.7. The zero-order chi connectivity index (χ0) is 20.7. The zero-order valence-corrected chi connectivity index (χ0v) is 17.8. The summed E-state index contributed by atoms with van der Waals surface area (Å²) in [6.45, 7) is 4.98. The van der Waals surface area contributed by atoms with E-state index in [0.717, 1.165) is 24.1 Å². The number of hydrogen-bond donors (Lipinski definition) is 1. The lowest BCUT2D eigenvalue weighted by Gasteiger charge is -2.25. The third-order valence-electron chi connectivity index (χ3n) is 4.50. The summed E-state index contributed by atoms with van der Waals surface area (Å²) in [6.07, 6.45) is 0.799. The van der Waals surface area contributed by atoms with Crippen molar-refractivity contribution in [3.8, 4) is 0 Å². The van der Waals surface area contributed by atoms with Crippen molar-refractivity contribution in [3.63, 3.8) is 0 Å². The average molecular weight is 404 g/mol. The number of benzene rings is 2. The van der Waals surface area contributed by atoms with Gasteiger partial charge in [0.2, 0.25) is 5.91 Å². The summed E-state index contributed by atoms with van der Waals surface area (Å²) in [5, 5.41) is 2.82. The maximum Gasteiger partial charge on any atom is 0.264 e. The molecule has 0 atom stereocenters. The normalized spacial score (nSPS) is 11.5. The second kappa shape index (κ2) is 9.71. The van der Waals surface area contributed by atoms with Crippen LogP contribution in [0.25, 0.3) is 0 Å². The average Bonchev–Trinajstić information content (AvgIpc) is 2.66. The van der Waals surface area contributed by atoms with Crippen molar-refractivity contribution in [2.75, 3.05) is 38.0 Å². The van der Waals surface area contributed by atoms with Crippen LogP contribution in [0.5, 0.6) is 0 Å². The van der Waals surface area contributed by atoms with E-state index in [-0.39, 0.29) is 17.3 Å². The summed E-state index contributed by atoms with van der Waals surface area (Å²) in [7, 11) is 0.0774. The maximum atomic E-state index is 13.2. The number of carbonyl (C=O) groups excluding carboxylic acids is 1. The van der Waals surface area contributed by atoms with Crippen molar-refractivity contribution < 1.29 is 13.2 Å². The van der Waals surface area contributed by atoms with E-state index in [4.69, 9.17) is 0 Å². The summed E-state index contributed by atoms with van der Waals surface area (Å²) >= 11 is 0. The highest BCUT2D eigenvalue weighted by molar-refractivity contribution is 7.92. The molecular weight excluding hydrogens is 374 g/mol. The molecule has 2 rings (SSSR count). The highest BCUT2D eigenvalue weighted by Gasteiger charge is 2.27. The van der Waals surface area contributed by atoms with Gasteiger partial charge in [-0.25, -0.2) is 8.42 Å². The van der Waals surface area contributed by atoms with E-state index in [1.54, 1.807) is 42.5 Å². The van der Waals surface area contributed by atoms with E-state index in [1.165, 1.54) is 4.31 Å². The molecule has 0 saturated heterocycles. The first kappa shape index (κ1) is 21.9. The van der Waals surface area contributed by atoms with E-state index in [9.17, 15) is 13.2 Å². The smallest absolute Gasteiger partial charge is 0.264 e. The number of carbonyl (C=O) groups is 1. The van der Waals surface area contributed by atoms with Crippen molar-refractivity contribution >= 4 is 21.6 Å². The zero-order valence-electron chi connectivity index (χ0n) is 17.0. The topological polar surface area (TPSA) is 69.7 Å². The first-order valence-electron chi connectivity index (χ1n) is 9.28. The number of hydrogen-bond acceptors (Lipinski definition) is 4. The number of aryl methyl sites for hydroxylation is 2. The summed E-state index contributed by atoms with van der Waals surface area (Å²) in [5.74, 6) is -0.323. The minimum Gasteiger partial charge on any atom is -0.354 e. The van der Waals surface area contributed by atoms with Gasteiger partial charge in [-0.15, -0.1) is 0 Å². The van der Waals surface area contributed by atoms with Gasteiger partial charge in [-0.3, -0.25) is 9.10 Å². The second-order valence-corrected chi connectivity index (χ2v) is 8.96. The molecule has 0 radical (unpaired) electrons. The summed E-state index contributed by atoms with van der Waals surface area (Å²) in [6, 6.07) is 13.6. The molecule has 0 aliphatic rings. The molecule has 0 aliphatic heterocycles. The van der Waals surface area contributed by atoms with Gasteiger partial charge in [-0.2, -0.15) is 0 Å². The quantitative estimate of drug-likeness (QED) is 0.654. The Kier molecular flexibility index (Phi) is 7.60. The van der Waals surface area contributed by atoms with Gasteiger partial charge in [0.1, 0.15) is 6.54 Å². The lowest BCUT2D eigenvalue weighted by Crippen LogP contribution is -2.41. The molecular formula is C21H29N3O3S. The highest BCUT2D eigenvalue weighted by atomic mass is 32.2. The molecule has 0 saturated carbocycles. The highest BCUT2D eigenvalue weighted by Crippen LogP contribution is 2.25. The van der Waals surface area contributed by atoms with E-state index in [1.807, 2.05) is 38.9 Å². The van der Waals surface area contributed by atoms with Crippen LogP contribution in [0.4, 0.5) is 5.69 Å². The minimum atomic E-state index is -3.86. The van der Waals surface area contributed by atoms with Crippen molar-refractivity contribution in [2.24, 2.45) is 0 Å². The number of anilines is 1. The number of sulfonamides is 1. The standard InChI is InChI=1S/C21H29N3O3S/c1-17-11-12-19(15-18(17)2)24(16-21(25)22-13-8-14-23(3)4)28(26,27)20-9-6-5-7-10-20/h5-7,9-12,15H,8,13-14,16H2,1-4H3,(H,22,25). The molecule has 0 heterocycles. The van der Waals surface area contributed by atoms with Crippen molar-refractivity contribution in [3.05, 3.63) is 59.7 Å². The number of rotatable bonds is 9. The fraction of sp³-hybridized carbons (Fsp3) is 0.381. The number of nitrogens with one attached hydrogen (secondary N) is 1. The first-order valence-corrected chi connectivity index (χ1v) is 10.7. The SMILES string of the molecule is Cc1ccc(N(CC(=O)NCCCN(C)C)S(=O)(=O)c2ccccc2)cc1C. The maximum absolute atomic E-state index is 13.2. The Morgan fingerprint density at radius 1 is 1.00 bits per heavy atom. The molecule has 1 N–H and O–H groups in total. The predicted octanol–water partition coefficient (Wildman–Crippen LogP) is 2.57. The van der Waals surface area contributed by atoms with Gasteiger partial charge in [-0.05, 0) is 76.3 Å². The molecule has 6 nitrogen and oxygen atoms in total.